The van der Waals surface area contributed by atoms with E-state index in [0.717, 1.165) is 30.9 Å². The standard InChI is InChI=1S/C17H16F3N/c1-21-17(13-7-8-14(18)16(20)15(13)19)12-6-5-10-3-2-4-11(10)9-12/h5-9,17,21H,2-4H2,1H3. The maximum atomic E-state index is 14.0. The monoisotopic (exact) mass is 291 g/mol. The van der Waals surface area contributed by atoms with Gasteiger partial charge in [0.05, 0.1) is 6.04 Å². The van der Waals surface area contributed by atoms with Crippen molar-refractivity contribution in [3.8, 4) is 0 Å². The van der Waals surface area contributed by atoms with E-state index < -0.39 is 23.5 Å². The summed E-state index contributed by atoms with van der Waals surface area (Å²) in [5, 5.41) is 2.98. The quantitative estimate of drug-likeness (QED) is 0.846. The number of hydrogen-bond donors (Lipinski definition) is 1. The lowest BCUT2D eigenvalue weighted by Gasteiger charge is -2.19. The molecule has 0 saturated heterocycles. The SMILES string of the molecule is CNC(c1ccc2c(c1)CCC2)c1ccc(F)c(F)c1F. The minimum Gasteiger partial charge on any atom is -0.309 e. The molecule has 4 heteroatoms. The summed E-state index contributed by atoms with van der Waals surface area (Å²) in [6.45, 7) is 0. The normalized spacial score (nSPS) is 15.0. The van der Waals surface area contributed by atoms with E-state index in [9.17, 15) is 13.2 Å². The molecule has 110 valence electrons. The van der Waals surface area contributed by atoms with E-state index in [1.807, 2.05) is 18.2 Å². The molecule has 0 radical (unpaired) electrons. The summed E-state index contributed by atoms with van der Waals surface area (Å²) in [6.07, 6.45) is 3.21. The van der Waals surface area contributed by atoms with Gasteiger partial charge < -0.3 is 5.32 Å². The fourth-order valence-corrected chi connectivity index (χ4v) is 3.04. The van der Waals surface area contributed by atoms with E-state index in [0.29, 0.717) is 0 Å². The van der Waals surface area contributed by atoms with Crippen LogP contribution in [0, 0.1) is 17.5 Å². The maximum Gasteiger partial charge on any atom is 0.194 e. The van der Waals surface area contributed by atoms with Crippen molar-refractivity contribution < 1.29 is 13.2 Å². The van der Waals surface area contributed by atoms with Crippen LogP contribution in [0.1, 0.15) is 34.7 Å². The molecule has 1 aliphatic rings. The molecule has 0 heterocycles. The van der Waals surface area contributed by atoms with Gasteiger partial charge in [-0.2, -0.15) is 0 Å². The second-order valence-corrected chi connectivity index (χ2v) is 5.37. The number of rotatable bonds is 3. The van der Waals surface area contributed by atoms with Gasteiger partial charge in [-0.1, -0.05) is 24.3 Å². The molecule has 0 fully saturated rings. The van der Waals surface area contributed by atoms with Crippen molar-refractivity contribution in [1.82, 2.24) is 5.32 Å². The van der Waals surface area contributed by atoms with Crippen LogP contribution in [0.3, 0.4) is 0 Å². The molecule has 2 aromatic carbocycles. The van der Waals surface area contributed by atoms with Crippen LogP contribution in [0.4, 0.5) is 13.2 Å². The van der Waals surface area contributed by atoms with Crippen molar-refractivity contribution >= 4 is 0 Å². The molecule has 1 nitrogen and oxygen atoms in total. The molecule has 3 rings (SSSR count). The van der Waals surface area contributed by atoms with Crippen molar-refractivity contribution in [2.75, 3.05) is 7.05 Å². The summed E-state index contributed by atoms with van der Waals surface area (Å²) in [5.41, 5.74) is 3.56. The van der Waals surface area contributed by atoms with Gasteiger partial charge in [0, 0.05) is 5.56 Å². The van der Waals surface area contributed by atoms with Crippen LogP contribution in [0.2, 0.25) is 0 Å². The Kier molecular flexibility index (Phi) is 3.72. The number of nitrogens with one attached hydrogen (secondary N) is 1. The van der Waals surface area contributed by atoms with Crippen molar-refractivity contribution in [2.24, 2.45) is 0 Å². The fraction of sp³-hybridized carbons (Fsp3) is 0.294. The largest absolute Gasteiger partial charge is 0.309 e. The van der Waals surface area contributed by atoms with Gasteiger partial charge in [0.1, 0.15) is 0 Å². The number of aryl methyl sites for hydroxylation is 2. The predicted octanol–water partition coefficient (Wildman–Crippen LogP) is 3.90. The third kappa shape index (κ3) is 2.44. The summed E-state index contributed by atoms with van der Waals surface area (Å²) >= 11 is 0. The summed E-state index contributed by atoms with van der Waals surface area (Å²) in [7, 11) is 1.68. The molecule has 2 aromatic rings. The van der Waals surface area contributed by atoms with Gasteiger partial charge in [-0.15, -0.1) is 0 Å². The zero-order chi connectivity index (χ0) is 15.0. The zero-order valence-corrected chi connectivity index (χ0v) is 11.7. The molecule has 0 amide bonds. The van der Waals surface area contributed by atoms with Gasteiger partial charge in [-0.3, -0.25) is 0 Å². The average molecular weight is 291 g/mol. The number of benzene rings is 2. The minimum atomic E-state index is -1.42. The van der Waals surface area contributed by atoms with Gasteiger partial charge in [0.25, 0.3) is 0 Å². The van der Waals surface area contributed by atoms with E-state index >= 15 is 0 Å². The van der Waals surface area contributed by atoms with Gasteiger partial charge in [0.2, 0.25) is 0 Å². The summed E-state index contributed by atoms with van der Waals surface area (Å²) in [4.78, 5) is 0. The Balaban J connectivity index is 2.05. The molecule has 1 atom stereocenters. The van der Waals surface area contributed by atoms with E-state index in [1.54, 1.807) is 7.05 Å². The van der Waals surface area contributed by atoms with Gasteiger partial charge >= 0.3 is 0 Å². The minimum absolute atomic E-state index is 0.120. The first kappa shape index (κ1) is 14.1. The van der Waals surface area contributed by atoms with Crippen molar-refractivity contribution in [3.05, 3.63) is 70.0 Å². The lowest BCUT2D eigenvalue weighted by molar-refractivity contribution is 0.435. The number of hydrogen-bond acceptors (Lipinski definition) is 1. The van der Waals surface area contributed by atoms with Gasteiger partial charge in [-0.25, -0.2) is 13.2 Å². The molecule has 0 spiro atoms. The number of halogens is 3. The topological polar surface area (TPSA) is 12.0 Å². The second-order valence-electron chi connectivity index (χ2n) is 5.37. The third-order valence-electron chi connectivity index (χ3n) is 4.12. The van der Waals surface area contributed by atoms with Crippen LogP contribution >= 0.6 is 0 Å². The summed E-state index contributed by atoms with van der Waals surface area (Å²) < 4.78 is 40.5. The summed E-state index contributed by atoms with van der Waals surface area (Å²) in [5.74, 6) is -3.72. The van der Waals surface area contributed by atoms with Crippen LogP contribution in [-0.2, 0) is 12.8 Å². The Labute approximate surface area is 121 Å². The van der Waals surface area contributed by atoms with Crippen molar-refractivity contribution in [3.63, 3.8) is 0 Å². The average Bonchev–Trinajstić information content (AvgIpc) is 2.95. The maximum absolute atomic E-state index is 14.0. The van der Waals surface area contributed by atoms with Crippen molar-refractivity contribution in [1.29, 1.82) is 0 Å². The highest BCUT2D eigenvalue weighted by atomic mass is 19.2. The highest BCUT2D eigenvalue weighted by Crippen LogP contribution is 2.30. The Morgan fingerprint density at radius 3 is 2.48 bits per heavy atom. The Morgan fingerprint density at radius 1 is 0.952 bits per heavy atom. The molecule has 0 bridgehead atoms. The lowest BCUT2D eigenvalue weighted by atomic mass is 9.95. The molecule has 21 heavy (non-hydrogen) atoms. The first-order valence-corrected chi connectivity index (χ1v) is 7.04. The van der Waals surface area contributed by atoms with Crippen LogP contribution in [0.15, 0.2) is 30.3 Å². The molecular weight excluding hydrogens is 275 g/mol. The zero-order valence-electron chi connectivity index (χ0n) is 11.7. The van der Waals surface area contributed by atoms with E-state index in [-0.39, 0.29) is 5.56 Å². The third-order valence-corrected chi connectivity index (χ3v) is 4.12. The van der Waals surface area contributed by atoms with Crippen LogP contribution in [0.5, 0.6) is 0 Å². The van der Waals surface area contributed by atoms with Crippen LogP contribution in [-0.4, -0.2) is 7.05 Å². The Morgan fingerprint density at radius 2 is 1.71 bits per heavy atom. The highest BCUT2D eigenvalue weighted by molar-refractivity contribution is 5.40. The van der Waals surface area contributed by atoms with E-state index in [2.05, 4.69) is 5.32 Å². The highest BCUT2D eigenvalue weighted by Gasteiger charge is 2.22. The first-order chi connectivity index (χ1) is 10.1. The predicted molar refractivity (Wildman–Crippen MR) is 75.7 cm³/mol. The Hall–Kier alpha value is -1.81. The smallest absolute Gasteiger partial charge is 0.194 e. The lowest BCUT2D eigenvalue weighted by Crippen LogP contribution is -2.20. The van der Waals surface area contributed by atoms with E-state index in [4.69, 9.17) is 0 Å². The van der Waals surface area contributed by atoms with Crippen molar-refractivity contribution in [2.45, 2.75) is 25.3 Å². The molecule has 0 aliphatic heterocycles. The summed E-state index contributed by atoms with van der Waals surface area (Å²) in [6, 6.07) is 7.76. The molecule has 1 aliphatic carbocycles. The van der Waals surface area contributed by atoms with Crippen LogP contribution < -0.4 is 5.32 Å². The fourth-order valence-electron chi connectivity index (χ4n) is 3.04. The number of fused-ring (bicyclic) bond motifs is 1. The van der Waals surface area contributed by atoms with Gasteiger partial charge in [0.15, 0.2) is 17.5 Å². The Bertz CT molecular complexity index is 682. The first-order valence-electron chi connectivity index (χ1n) is 7.04. The second kappa shape index (κ2) is 5.53. The molecule has 1 N–H and O–H groups in total. The van der Waals surface area contributed by atoms with Crippen LogP contribution in [0.25, 0.3) is 0 Å². The van der Waals surface area contributed by atoms with Gasteiger partial charge in [-0.05, 0) is 49.1 Å². The molecule has 0 aromatic heterocycles. The molecule has 0 saturated carbocycles. The van der Waals surface area contributed by atoms with E-state index in [1.165, 1.54) is 17.2 Å². The molecular formula is C17H16F3N. The molecule has 1 unspecified atom stereocenters.